The van der Waals surface area contributed by atoms with Crippen LogP contribution < -0.4 is 15.4 Å². The van der Waals surface area contributed by atoms with Crippen LogP contribution in [0.15, 0.2) is 61.1 Å². The Hall–Kier alpha value is -4.80. The van der Waals surface area contributed by atoms with E-state index >= 15 is 0 Å². The zero-order chi connectivity index (χ0) is 26.2. The van der Waals surface area contributed by atoms with E-state index in [1.807, 2.05) is 39.0 Å². The van der Waals surface area contributed by atoms with Crippen LogP contribution in [0.1, 0.15) is 26.5 Å². The monoisotopic (exact) mass is 500 g/mol. The molecule has 0 atom stereocenters. The topological polar surface area (TPSA) is 123 Å². The van der Waals surface area contributed by atoms with Crippen LogP contribution in [0.4, 0.5) is 20.7 Å². The fourth-order valence-electron chi connectivity index (χ4n) is 3.74. The molecule has 0 radical (unpaired) electrons. The third-order valence-corrected chi connectivity index (χ3v) is 5.69. The zero-order valence-corrected chi connectivity index (χ0v) is 20.7. The first-order chi connectivity index (χ1) is 17.7. The molecule has 5 aromatic rings. The van der Waals surface area contributed by atoms with Gasteiger partial charge in [-0.1, -0.05) is 32.9 Å². The van der Waals surface area contributed by atoms with Crippen LogP contribution in [0.5, 0.6) is 11.5 Å². The molecule has 10 nitrogen and oxygen atoms in total. The van der Waals surface area contributed by atoms with Gasteiger partial charge in [-0.2, -0.15) is 10.2 Å². The highest BCUT2D eigenvalue weighted by Gasteiger charge is 2.20. The summed E-state index contributed by atoms with van der Waals surface area (Å²) in [5, 5.41) is 17.4. The molecule has 5 rings (SSSR count). The minimum atomic E-state index is -0.640. The van der Waals surface area contributed by atoms with E-state index in [4.69, 9.17) is 4.74 Å². The second-order valence-corrected chi connectivity index (χ2v) is 9.47. The first-order valence-electron chi connectivity index (χ1n) is 11.5. The maximum atomic E-state index is 15.0. The molecule has 0 aliphatic rings. The molecule has 0 fully saturated rings. The summed E-state index contributed by atoms with van der Waals surface area (Å²) < 4.78 is 22.5. The average Bonchev–Trinajstić information content (AvgIpc) is 3.48. The predicted molar refractivity (Wildman–Crippen MR) is 138 cm³/mol. The smallest absolute Gasteiger partial charge is 0.324 e. The van der Waals surface area contributed by atoms with Crippen molar-refractivity contribution in [1.82, 2.24) is 29.9 Å². The van der Waals surface area contributed by atoms with Crippen molar-refractivity contribution in [3.8, 4) is 22.8 Å². The van der Waals surface area contributed by atoms with Crippen molar-refractivity contribution in [1.29, 1.82) is 0 Å². The highest BCUT2D eigenvalue weighted by Crippen LogP contribution is 2.36. The maximum Gasteiger partial charge on any atom is 0.324 e. The molecular weight excluding hydrogens is 475 g/mol. The molecule has 3 N–H and O–H groups in total. The number of anilines is 2. The minimum Gasteiger partial charge on any atom is -0.454 e. The van der Waals surface area contributed by atoms with Gasteiger partial charge in [0.05, 0.1) is 23.0 Å². The summed E-state index contributed by atoms with van der Waals surface area (Å²) in [6.07, 6.45) is 3.05. The molecule has 37 heavy (non-hydrogen) atoms. The van der Waals surface area contributed by atoms with Crippen LogP contribution in [0.2, 0.25) is 0 Å². The van der Waals surface area contributed by atoms with Crippen molar-refractivity contribution in [2.45, 2.75) is 26.2 Å². The van der Waals surface area contributed by atoms with Gasteiger partial charge >= 0.3 is 6.03 Å². The Morgan fingerprint density at radius 3 is 2.62 bits per heavy atom. The van der Waals surface area contributed by atoms with Crippen molar-refractivity contribution in [3.05, 3.63) is 72.6 Å². The lowest BCUT2D eigenvalue weighted by Crippen LogP contribution is -2.21. The lowest BCUT2D eigenvalue weighted by molar-refractivity contribution is 0.262. The Morgan fingerprint density at radius 1 is 1.05 bits per heavy atom. The average molecular weight is 501 g/mol. The van der Waals surface area contributed by atoms with E-state index in [9.17, 15) is 9.18 Å². The number of nitrogens with zero attached hydrogens (tertiary/aromatic N) is 5. The summed E-state index contributed by atoms with van der Waals surface area (Å²) in [4.78, 5) is 21.1. The second kappa shape index (κ2) is 9.34. The van der Waals surface area contributed by atoms with Gasteiger partial charge in [-0.25, -0.2) is 19.2 Å². The number of ether oxygens (including phenoxy) is 1. The number of para-hydroxylation sites is 1. The summed E-state index contributed by atoms with van der Waals surface area (Å²) in [5.41, 5.74) is 2.79. The molecule has 0 unspecified atom stereocenters. The summed E-state index contributed by atoms with van der Waals surface area (Å²) in [7, 11) is 1.74. The van der Waals surface area contributed by atoms with E-state index < -0.39 is 11.8 Å². The number of aromatic nitrogens is 6. The third-order valence-electron chi connectivity index (χ3n) is 5.69. The standard InChI is InChI=1S/C26H25FN8O2/c1-26(2,3)21-12-22(35(4)34-21)32-25(36)31-15-9-10-20(18(27)11-15)37-19-8-6-5-7-16(19)23-17-13-30-33-24(17)29-14-28-23/h5-14H,1-4H3,(H2,31,32,36)(H,28,29,30,33). The molecule has 0 saturated heterocycles. The van der Waals surface area contributed by atoms with E-state index in [-0.39, 0.29) is 16.9 Å². The number of carbonyl (C=O) groups is 1. The number of halogens is 1. The number of amides is 2. The van der Waals surface area contributed by atoms with E-state index in [1.54, 1.807) is 36.1 Å². The fourth-order valence-corrected chi connectivity index (χ4v) is 3.74. The van der Waals surface area contributed by atoms with Crippen LogP contribution in [0, 0.1) is 5.82 Å². The molecule has 0 bridgehead atoms. The molecular formula is C26H25FN8O2. The molecule has 0 aliphatic carbocycles. The van der Waals surface area contributed by atoms with E-state index in [1.165, 1.54) is 18.5 Å². The minimum absolute atomic E-state index is 0.00245. The van der Waals surface area contributed by atoms with Crippen LogP contribution >= 0.6 is 0 Å². The van der Waals surface area contributed by atoms with Crippen LogP contribution in [-0.2, 0) is 12.5 Å². The van der Waals surface area contributed by atoms with Crippen molar-refractivity contribution >= 4 is 28.6 Å². The van der Waals surface area contributed by atoms with Gasteiger partial charge in [-0.3, -0.25) is 15.1 Å². The number of urea groups is 1. The zero-order valence-electron chi connectivity index (χ0n) is 20.7. The molecule has 0 aliphatic heterocycles. The fraction of sp³-hybridized carbons (Fsp3) is 0.192. The predicted octanol–water partition coefficient (Wildman–Crippen LogP) is 5.63. The Bertz CT molecular complexity index is 1600. The normalized spacial score (nSPS) is 11.5. The first kappa shape index (κ1) is 23.9. The first-order valence-corrected chi connectivity index (χ1v) is 11.5. The Balaban J connectivity index is 1.33. The van der Waals surface area contributed by atoms with Gasteiger partial charge in [0, 0.05) is 35.8 Å². The number of hydrogen-bond donors (Lipinski definition) is 3. The number of fused-ring (bicyclic) bond motifs is 1. The maximum absolute atomic E-state index is 15.0. The van der Waals surface area contributed by atoms with Crippen molar-refractivity contribution < 1.29 is 13.9 Å². The lowest BCUT2D eigenvalue weighted by atomic mass is 9.92. The van der Waals surface area contributed by atoms with E-state index in [0.717, 1.165) is 5.69 Å². The number of nitrogens with one attached hydrogen (secondary N) is 3. The van der Waals surface area contributed by atoms with Gasteiger partial charge in [0.25, 0.3) is 0 Å². The quantitative estimate of drug-likeness (QED) is 0.288. The number of carbonyl (C=O) groups excluding carboxylic acids is 1. The largest absolute Gasteiger partial charge is 0.454 e. The SMILES string of the molecule is Cn1nc(C(C)(C)C)cc1NC(=O)Nc1ccc(Oc2ccccc2-c2ncnc3[nH]ncc23)c(F)c1. The van der Waals surface area contributed by atoms with Crippen molar-refractivity contribution in [2.24, 2.45) is 7.05 Å². The van der Waals surface area contributed by atoms with Crippen LogP contribution in [-0.4, -0.2) is 36.0 Å². The number of aromatic amines is 1. The summed E-state index contributed by atoms with van der Waals surface area (Å²) in [6, 6.07) is 12.7. The molecule has 3 aromatic heterocycles. The Labute approximate surface area is 211 Å². The highest BCUT2D eigenvalue weighted by molar-refractivity contribution is 5.99. The molecule has 11 heteroatoms. The van der Waals surface area contributed by atoms with Crippen molar-refractivity contribution in [2.75, 3.05) is 10.6 Å². The van der Waals surface area contributed by atoms with Crippen molar-refractivity contribution in [3.63, 3.8) is 0 Å². The summed E-state index contributed by atoms with van der Waals surface area (Å²) in [5.74, 6) is 0.291. The summed E-state index contributed by atoms with van der Waals surface area (Å²) in [6.45, 7) is 6.11. The van der Waals surface area contributed by atoms with Gasteiger partial charge < -0.3 is 10.1 Å². The molecule has 3 heterocycles. The van der Waals surface area contributed by atoms with Crippen LogP contribution in [0.25, 0.3) is 22.3 Å². The Morgan fingerprint density at radius 2 is 1.86 bits per heavy atom. The molecule has 2 amide bonds. The van der Waals surface area contributed by atoms with Gasteiger partial charge in [0.1, 0.15) is 17.9 Å². The number of aryl methyl sites for hydroxylation is 1. The van der Waals surface area contributed by atoms with Gasteiger partial charge in [-0.15, -0.1) is 0 Å². The molecule has 0 spiro atoms. The third kappa shape index (κ3) is 4.96. The van der Waals surface area contributed by atoms with Gasteiger partial charge in [0.15, 0.2) is 17.2 Å². The van der Waals surface area contributed by atoms with Gasteiger partial charge in [0.2, 0.25) is 0 Å². The number of rotatable bonds is 5. The summed E-state index contributed by atoms with van der Waals surface area (Å²) >= 11 is 0. The van der Waals surface area contributed by atoms with E-state index in [2.05, 4.69) is 35.9 Å². The molecule has 2 aromatic carbocycles. The number of benzene rings is 2. The Kier molecular flexibility index (Phi) is 6.04. The van der Waals surface area contributed by atoms with E-state index in [0.29, 0.717) is 33.9 Å². The highest BCUT2D eigenvalue weighted by atomic mass is 19.1. The second-order valence-electron chi connectivity index (χ2n) is 9.47. The van der Waals surface area contributed by atoms with Gasteiger partial charge in [-0.05, 0) is 24.3 Å². The number of hydrogen-bond acceptors (Lipinski definition) is 6. The molecule has 188 valence electrons. The molecule has 0 saturated carbocycles. The van der Waals surface area contributed by atoms with Crippen LogP contribution in [0.3, 0.4) is 0 Å². The number of H-pyrrole nitrogens is 1. The lowest BCUT2D eigenvalue weighted by Gasteiger charge is -2.13.